The van der Waals surface area contributed by atoms with Crippen molar-refractivity contribution < 1.29 is 19.5 Å². The van der Waals surface area contributed by atoms with E-state index in [4.69, 9.17) is 5.11 Å². The predicted octanol–water partition coefficient (Wildman–Crippen LogP) is 0.414. The molecule has 0 bridgehead atoms. The van der Waals surface area contributed by atoms with Crippen LogP contribution in [-0.2, 0) is 14.4 Å². The average Bonchev–Trinajstić information content (AvgIpc) is 2.64. The molecule has 6 nitrogen and oxygen atoms in total. The number of likely N-dealkylation sites (tertiary alicyclic amines) is 1. The fourth-order valence-corrected chi connectivity index (χ4v) is 3.98. The molecule has 2 unspecified atom stereocenters. The summed E-state index contributed by atoms with van der Waals surface area (Å²) in [6.45, 7) is 4.30. The van der Waals surface area contributed by atoms with Gasteiger partial charge in [-0.2, -0.15) is 11.8 Å². The number of aliphatic carboxylic acids is 1. The van der Waals surface area contributed by atoms with Gasteiger partial charge in [-0.25, -0.2) is 0 Å². The molecule has 2 amide bonds. The third-order valence-electron chi connectivity index (χ3n) is 3.76. The Morgan fingerprint density at radius 1 is 1.45 bits per heavy atom. The fraction of sp³-hybridized carbons (Fsp3) is 0.769. The minimum absolute atomic E-state index is 0.0205. The molecule has 0 aromatic rings. The molecule has 0 spiro atoms. The number of amides is 2. The maximum atomic E-state index is 12.4. The number of carbonyl (C=O) groups excluding carboxylic acids is 2. The van der Waals surface area contributed by atoms with Crippen molar-refractivity contribution in [3.63, 3.8) is 0 Å². The first-order valence-electron chi connectivity index (χ1n) is 6.83. The van der Waals surface area contributed by atoms with Crippen LogP contribution >= 0.6 is 11.8 Å². The van der Waals surface area contributed by atoms with E-state index >= 15 is 0 Å². The Hall–Kier alpha value is -1.08. The molecule has 20 heavy (non-hydrogen) atoms. The average molecular weight is 300 g/mol. The van der Waals surface area contributed by atoms with E-state index in [1.165, 1.54) is 4.90 Å². The van der Waals surface area contributed by atoms with Crippen LogP contribution in [0.1, 0.15) is 26.7 Å². The highest BCUT2D eigenvalue weighted by Gasteiger charge is 2.45. The van der Waals surface area contributed by atoms with E-state index in [2.05, 4.69) is 0 Å². The first kappa shape index (κ1) is 15.3. The summed E-state index contributed by atoms with van der Waals surface area (Å²) in [6, 6.07) is -0.785. The largest absolute Gasteiger partial charge is 0.481 e. The summed E-state index contributed by atoms with van der Waals surface area (Å²) in [6.07, 6.45) is 0.199. The van der Waals surface area contributed by atoms with E-state index in [1.807, 2.05) is 18.7 Å². The van der Waals surface area contributed by atoms with Crippen LogP contribution in [-0.4, -0.2) is 68.9 Å². The maximum Gasteiger partial charge on any atom is 0.304 e. The van der Waals surface area contributed by atoms with Crippen molar-refractivity contribution in [3.8, 4) is 0 Å². The van der Waals surface area contributed by atoms with Gasteiger partial charge in [-0.3, -0.25) is 24.2 Å². The summed E-state index contributed by atoms with van der Waals surface area (Å²) in [5, 5.41) is 8.99. The van der Waals surface area contributed by atoms with Crippen LogP contribution in [0.3, 0.4) is 0 Å². The van der Waals surface area contributed by atoms with Gasteiger partial charge in [-0.15, -0.1) is 0 Å². The minimum Gasteiger partial charge on any atom is -0.481 e. The second-order valence-electron chi connectivity index (χ2n) is 5.48. The number of thioether (sulfide) groups is 1. The van der Waals surface area contributed by atoms with E-state index in [9.17, 15) is 14.4 Å². The Morgan fingerprint density at radius 2 is 2.15 bits per heavy atom. The van der Waals surface area contributed by atoms with Crippen molar-refractivity contribution in [2.24, 2.45) is 0 Å². The maximum absolute atomic E-state index is 12.4. The summed E-state index contributed by atoms with van der Waals surface area (Å²) < 4.78 is 0. The van der Waals surface area contributed by atoms with Gasteiger partial charge >= 0.3 is 5.97 Å². The van der Waals surface area contributed by atoms with Gasteiger partial charge < -0.3 is 5.11 Å². The van der Waals surface area contributed by atoms with Gasteiger partial charge in [-0.1, -0.05) is 0 Å². The zero-order chi connectivity index (χ0) is 14.9. The van der Waals surface area contributed by atoms with Crippen molar-refractivity contribution in [3.05, 3.63) is 0 Å². The zero-order valence-corrected chi connectivity index (χ0v) is 12.6. The molecule has 0 aliphatic carbocycles. The molecular weight excluding hydrogens is 280 g/mol. The van der Waals surface area contributed by atoms with Gasteiger partial charge in [0.15, 0.2) is 0 Å². The number of rotatable bonds is 4. The molecule has 112 valence electrons. The number of carboxylic acids is 1. The Labute approximate surface area is 122 Å². The zero-order valence-electron chi connectivity index (χ0n) is 11.7. The molecule has 1 N–H and O–H groups in total. The highest BCUT2D eigenvalue weighted by molar-refractivity contribution is 7.99. The predicted molar refractivity (Wildman–Crippen MR) is 75.5 cm³/mol. The second-order valence-corrected chi connectivity index (χ2v) is 6.63. The van der Waals surface area contributed by atoms with E-state index in [0.717, 1.165) is 5.75 Å². The topological polar surface area (TPSA) is 77.9 Å². The molecule has 0 radical (unpaired) electrons. The monoisotopic (exact) mass is 300 g/mol. The molecule has 2 aliphatic heterocycles. The van der Waals surface area contributed by atoms with Gasteiger partial charge in [-0.05, 0) is 13.8 Å². The van der Waals surface area contributed by atoms with E-state index < -0.39 is 12.0 Å². The smallest absolute Gasteiger partial charge is 0.304 e. The SMILES string of the molecule is CC(C)N1C(=O)CC(N2CCSCC2CC(=O)O)C1=O. The van der Waals surface area contributed by atoms with Crippen molar-refractivity contribution in [1.82, 2.24) is 9.80 Å². The van der Waals surface area contributed by atoms with Crippen LogP contribution in [0, 0.1) is 0 Å². The summed E-state index contributed by atoms with van der Waals surface area (Å²) in [5.41, 5.74) is 0. The Morgan fingerprint density at radius 3 is 2.70 bits per heavy atom. The number of hydrogen-bond acceptors (Lipinski definition) is 5. The van der Waals surface area contributed by atoms with Crippen LogP contribution < -0.4 is 0 Å². The van der Waals surface area contributed by atoms with Crippen LogP contribution in [0.25, 0.3) is 0 Å². The van der Waals surface area contributed by atoms with Crippen LogP contribution in [0.15, 0.2) is 0 Å². The number of carboxylic acid groups (broad SMARTS) is 1. The highest BCUT2D eigenvalue weighted by Crippen LogP contribution is 2.28. The van der Waals surface area contributed by atoms with Gasteiger partial charge in [0.2, 0.25) is 11.8 Å². The van der Waals surface area contributed by atoms with Crippen molar-refractivity contribution in [2.45, 2.75) is 44.8 Å². The minimum atomic E-state index is -0.861. The quantitative estimate of drug-likeness (QED) is 0.758. The molecular formula is C13H20N2O4S. The summed E-state index contributed by atoms with van der Waals surface area (Å²) in [5.74, 6) is 0.386. The normalized spacial score (nSPS) is 28.4. The number of nitrogens with zero attached hydrogens (tertiary/aromatic N) is 2. The molecule has 2 saturated heterocycles. The third-order valence-corrected chi connectivity index (χ3v) is 4.85. The van der Waals surface area contributed by atoms with E-state index in [0.29, 0.717) is 12.3 Å². The summed E-state index contributed by atoms with van der Waals surface area (Å²) in [7, 11) is 0. The molecule has 0 saturated carbocycles. The molecule has 2 rings (SSSR count). The first-order chi connectivity index (χ1) is 9.41. The molecule has 2 aliphatic rings. The molecule has 2 atom stereocenters. The van der Waals surface area contributed by atoms with Crippen LogP contribution in [0.2, 0.25) is 0 Å². The Balaban J connectivity index is 2.14. The van der Waals surface area contributed by atoms with Gasteiger partial charge in [0.05, 0.1) is 18.9 Å². The van der Waals surface area contributed by atoms with Crippen LogP contribution in [0.4, 0.5) is 0 Å². The highest BCUT2D eigenvalue weighted by atomic mass is 32.2. The van der Waals surface area contributed by atoms with Crippen molar-refractivity contribution >= 4 is 29.5 Å². The molecule has 2 heterocycles. The van der Waals surface area contributed by atoms with E-state index in [1.54, 1.807) is 11.8 Å². The van der Waals surface area contributed by atoms with Gasteiger partial charge in [0, 0.05) is 30.1 Å². The molecule has 7 heteroatoms. The number of carbonyl (C=O) groups is 3. The first-order valence-corrected chi connectivity index (χ1v) is 7.98. The molecule has 0 aromatic carbocycles. The Bertz CT molecular complexity index is 427. The molecule has 0 aromatic heterocycles. The standard InChI is InChI=1S/C13H20N2O4S/c1-8(2)15-11(16)6-10(13(15)19)14-3-4-20-7-9(14)5-12(17)18/h8-10H,3-7H2,1-2H3,(H,17,18). The Kier molecular flexibility index (Phi) is 4.70. The van der Waals surface area contributed by atoms with Gasteiger partial charge in [0.25, 0.3) is 0 Å². The second kappa shape index (κ2) is 6.13. The summed E-state index contributed by atoms with van der Waals surface area (Å²) >= 11 is 1.70. The van der Waals surface area contributed by atoms with Crippen molar-refractivity contribution in [1.29, 1.82) is 0 Å². The lowest BCUT2D eigenvalue weighted by atomic mass is 10.1. The van der Waals surface area contributed by atoms with Crippen LogP contribution in [0.5, 0.6) is 0 Å². The lowest BCUT2D eigenvalue weighted by Crippen LogP contribution is -2.52. The summed E-state index contributed by atoms with van der Waals surface area (Å²) in [4.78, 5) is 38.5. The van der Waals surface area contributed by atoms with Crippen molar-refractivity contribution in [2.75, 3.05) is 18.1 Å². The third kappa shape index (κ3) is 2.98. The lowest BCUT2D eigenvalue weighted by Gasteiger charge is -2.37. The number of hydrogen-bond donors (Lipinski definition) is 1. The van der Waals surface area contributed by atoms with Gasteiger partial charge in [0.1, 0.15) is 0 Å². The van der Waals surface area contributed by atoms with E-state index in [-0.39, 0.29) is 36.7 Å². The molecule has 2 fully saturated rings. The lowest BCUT2D eigenvalue weighted by molar-refractivity contribution is -0.143. The fourth-order valence-electron chi connectivity index (χ4n) is 2.89. The number of imide groups is 1.